The number of aliphatic hydroxyl groups excluding tert-OH is 1. The summed E-state index contributed by atoms with van der Waals surface area (Å²) in [6.07, 6.45) is 4.12. The number of anilines is 1. The van der Waals surface area contributed by atoms with Crippen molar-refractivity contribution < 1.29 is 9.84 Å². The molecule has 2 N–H and O–H groups in total. The van der Waals surface area contributed by atoms with Gasteiger partial charge in [0, 0.05) is 12.8 Å². The Balaban J connectivity index is 1.93. The quantitative estimate of drug-likeness (QED) is 0.842. The van der Waals surface area contributed by atoms with Crippen LogP contribution in [-0.2, 0) is 11.3 Å². The number of methoxy groups -OCH3 is 1. The van der Waals surface area contributed by atoms with Crippen molar-refractivity contribution >= 4 is 5.69 Å². The Kier molecular flexibility index (Phi) is 4.40. The van der Waals surface area contributed by atoms with Gasteiger partial charge < -0.3 is 15.2 Å². The van der Waals surface area contributed by atoms with Crippen LogP contribution in [0.5, 0.6) is 0 Å². The van der Waals surface area contributed by atoms with E-state index in [-0.39, 0.29) is 12.1 Å². The maximum atomic E-state index is 9.89. The lowest BCUT2D eigenvalue weighted by molar-refractivity contribution is 0.116. The molecule has 1 aliphatic carbocycles. The van der Waals surface area contributed by atoms with Gasteiger partial charge in [-0.2, -0.15) is 0 Å². The second-order valence-corrected chi connectivity index (χ2v) is 4.73. The largest absolute Gasteiger partial charge is 0.391 e. The van der Waals surface area contributed by atoms with Gasteiger partial charge in [-0.3, -0.25) is 0 Å². The fourth-order valence-corrected chi connectivity index (χ4v) is 2.36. The van der Waals surface area contributed by atoms with Crippen molar-refractivity contribution in [1.29, 1.82) is 0 Å². The summed E-state index contributed by atoms with van der Waals surface area (Å²) in [4.78, 5) is 0. The van der Waals surface area contributed by atoms with Gasteiger partial charge in [0.05, 0.1) is 18.8 Å². The number of benzene rings is 1. The number of nitrogens with one attached hydrogen (secondary N) is 1. The van der Waals surface area contributed by atoms with Gasteiger partial charge in [-0.05, 0) is 30.5 Å². The van der Waals surface area contributed by atoms with Crippen LogP contribution in [-0.4, -0.2) is 24.4 Å². The van der Waals surface area contributed by atoms with Gasteiger partial charge >= 0.3 is 0 Å². The molecular formula is C14H21NO2. The van der Waals surface area contributed by atoms with Crippen LogP contribution in [0.4, 0.5) is 5.69 Å². The van der Waals surface area contributed by atoms with Crippen molar-refractivity contribution in [2.75, 3.05) is 12.4 Å². The van der Waals surface area contributed by atoms with E-state index in [9.17, 15) is 5.11 Å². The van der Waals surface area contributed by atoms with Crippen LogP contribution >= 0.6 is 0 Å². The van der Waals surface area contributed by atoms with E-state index in [1.807, 2.05) is 0 Å². The Morgan fingerprint density at radius 3 is 2.59 bits per heavy atom. The molecule has 1 aromatic carbocycles. The normalized spacial score (nSPS) is 24.6. The molecule has 0 saturated heterocycles. The lowest BCUT2D eigenvalue weighted by Crippen LogP contribution is -2.36. The topological polar surface area (TPSA) is 41.5 Å². The van der Waals surface area contributed by atoms with Crippen LogP contribution in [0.25, 0.3) is 0 Å². The number of hydrogen-bond donors (Lipinski definition) is 2. The van der Waals surface area contributed by atoms with Crippen LogP contribution < -0.4 is 5.32 Å². The Hall–Kier alpha value is -1.06. The zero-order chi connectivity index (χ0) is 12.1. The fraction of sp³-hybridized carbons (Fsp3) is 0.571. The molecule has 0 amide bonds. The van der Waals surface area contributed by atoms with Crippen LogP contribution in [0.2, 0.25) is 0 Å². The average molecular weight is 235 g/mol. The summed E-state index contributed by atoms with van der Waals surface area (Å²) < 4.78 is 5.07. The van der Waals surface area contributed by atoms with Crippen LogP contribution in [0, 0.1) is 0 Å². The van der Waals surface area contributed by atoms with Crippen molar-refractivity contribution in [2.24, 2.45) is 0 Å². The predicted molar refractivity (Wildman–Crippen MR) is 69.0 cm³/mol. The summed E-state index contributed by atoms with van der Waals surface area (Å²) >= 11 is 0. The number of ether oxygens (including phenoxy) is 1. The summed E-state index contributed by atoms with van der Waals surface area (Å²) in [5.74, 6) is 0. The van der Waals surface area contributed by atoms with Gasteiger partial charge in [0.15, 0.2) is 0 Å². The van der Waals surface area contributed by atoms with E-state index < -0.39 is 0 Å². The molecule has 0 spiro atoms. The fourth-order valence-electron chi connectivity index (χ4n) is 2.36. The highest BCUT2D eigenvalue weighted by Crippen LogP contribution is 2.22. The highest BCUT2D eigenvalue weighted by atomic mass is 16.5. The standard InChI is InChI=1S/C14H21NO2/c1-17-10-11-6-8-12(9-7-11)15-13-4-2-3-5-14(13)16/h6-9,13-16H,2-5,10H2,1H3/t13-,14-/m1/s1. The highest BCUT2D eigenvalue weighted by Gasteiger charge is 2.22. The first-order valence-corrected chi connectivity index (χ1v) is 6.32. The van der Waals surface area contributed by atoms with Crippen molar-refractivity contribution in [3.63, 3.8) is 0 Å². The first kappa shape index (κ1) is 12.4. The van der Waals surface area contributed by atoms with Gasteiger partial charge in [0.1, 0.15) is 0 Å². The maximum Gasteiger partial charge on any atom is 0.0741 e. The maximum absolute atomic E-state index is 9.89. The van der Waals surface area contributed by atoms with Crippen LogP contribution in [0.3, 0.4) is 0 Å². The van der Waals surface area contributed by atoms with Crippen LogP contribution in [0.1, 0.15) is 31.2 Å². The van der Waals surface area contributed by atoms with E-state index in [2.05, 4.69) is 29.6 Å². The van der Waals surface area contributed by atoms with Gasteiger partial charge in [-0.15, -0.1) is 0 Å². The third kappa shape index (κ3) is 3.45. The highest BCUT2D eigenvalue weighted by molar-refractivity contribution is 5.45. The third-order valence-corrected chi connectivity index (χ3v) is 3.35. The lowest BCUT2D eigenvalue weighted by Gasteiger charge is -2.29. The van der Waals surface area contributed by atoms with E-state index in [1.165, 1.54) is 12.0 Å². The number of hydrogen-bond acceptors (Lipinski definition) is 3. The van der Waals surface area contributed by atoms with E-state index >= 15 is 0 Å². The molecule has 0 radical (unpaired) electrons. The number of aliphatic hydroxyl groups is 1. The Morgan fingerprint density at radius 2 is 1.94 bits per heavy atom. The summed E-state index contributed by atoms with van der Waals surface area (Å²) in [5.41, 5.74) is 2.25. The lowest BCUT2D eigenvalue weighted by atomic mass is 9.92. The summed E-state index contributed by atoms with van der Waals surface area (Å²) in [5, 5.41) is 13.3. The smallest absolute Gasteiger partial charge is 0.0741 e. The van der Waals surface area contributed by atoms with E-state index in [1.54, 1.807) is 7.11 Å². The Bertz CT molecular complexity index is 337. The van der Waals surface area contributed by atoms with E-state index in [0.717, 1.165) is 24.9 Å². The minimum Gasteiger partial charge on any atom is -0.391 e. The molecular weight excluding hydrogens is 214 g/mol. The minimum absolute atomic E-state index is 0.206. The van der Waals surface area contributed by atoms with Gasteiger partial charge in [-0.25, -0.2) is 0 Å². The Morgan fingerprint density at radius 1 is 1.24 bits per heavy atom. The van der Waals surface area contributed by atoms with Crippen molar-refractivity contribution in [1.82, 2.24) is 0 Å². The zero-order valence-electron chi connectivity index (χ0n) is 10.4. The molecule has 0 unspecified atom stereocenters. The molecule has 3 nitrogen and oxygen atoms in total. The second kappa shape index (κ2) is 6.03. The molecule has 17 heavy (non-hydrogen) atoms. The third-order valence-electron chi connectivity index (χ3n) is 3.35. The van der Waals surface area contributed by atoms with Gasteiger partial charge in [0.25, 0.3) is 0 Å². The molecule has 1 fully saturated rings. The van der Waals surface area contributed by atoms with Gasteiger partial charge in [0.2, 0.25) is 0 Å². The summed E-state index contributed by atoms with van der Waals surface area (Å²) in [7, 11) is 1.70. The van der Waals surface area contributed by atoms with Crippen molar-refractivity contribution in [3.05, 3.63) is 29.8 Å². The molecule has 3 heteroatoms. The molecule has 0 aliphatic heterocycles. The monoisotopic (exact) mass is 235 g/mol. The number of rotatable bonds is 4. The predicted octanol–water partition coefficient (Wildman–Crippen LogP) is 2.55. The van der Waals surface area contributed by atoms with Crippen LogP contribution in [0.15, 0.2) is 24.3 Å². The average Bonchev–Trinajstić information content (AvgIpc) is 2.35. The zero-order valence-corrected chi connectivity index (χ0v) is 10.4. The molecule has 0 bridgehead atoms. The molecule has 1 aliphatic rings. The second-order valence-electron chi connectivity index (χ2n) is 4.73. The SMILES string of the molecule is COCc1ccc(N[C@@H]2CCCC[C@H]2O)cc1. The van der Waals surface area contributed by atoms with E-state index in [4.69, 9.17) is 4.74 Å². The first-order valence-electron chi connectivity index (χ1n) is 6.32. The molecule has 0 heterocycles. The minimum atomic E-state index is -0.206. The molecule has 2 rings (SSSR count). The van der Waals surface area contributed by atoms with E-state index in [0.29, 0.717) is 6.61 Å². The van der Waals surface area contributed by atoms with Gasteiger partial charge in [-0.1, -0.05) is 25.0 Å². The molecule has 2 atom stereocenters. The first-order chi connectivity index (χ1) is 8.29. The molecule has 0 aromatic heterocycles. The van der Waals surface area contributed by atoms with Crippen molar-refractivity contribution in [3.8, 4) is 0 Å². The Labute approximate surface area is 103 Å². The molecule has 94 valence electrons. The summed E-state index contributed by atoms with van der Waals surface area (Å²) in [6, 6.07) is 8.42. The summed E-state index contributed by atoms with van der Waals surface area (Å²) in [6.45, 7) is 0.645. The molecule has 1 aromatic rings. The molecule has 1 saturated carbocycles. The van der Waals surface area contributed by atoms with Crippen molar-refractivity contribution in [2.45, 2.75) is 44.4 Å².